The van der Waals surface area contributed by atoms with Gasteiger partial charge in [-0.05, 0) is 38.0 Å². The molecule has 0 saturated carbocycles. The summed E-state index contributed by atoms with van der Waals surface area (Å²) in [7, 11) is 0. The molecule has 1 atom stereocenters. The molecule has 2 fully saturated rings. The highest BCUT2D eigenvalue weighted by Crippen LogP contribution is 2.36. The Kier molecular flexibility index (Phi) is 6.18. The molecule has 1 unspecified atom stereocenters. The molecule has 1 amide bonds. The van der Waals surface area contributed by atoms with E-state index in [1.54, 1.807) is 0 Å². The summed E-state index contributed by atoms with van der Waals surface area (Å²) in [6, 6.07) is 6.38. The van der Waals surface area contributed by atoms with Crippen LogP contribution in [0, 0.1) is 0 Å². The summed E-state index contributed by atoms with van der Waals surface area (Å²) in [5.41, 5.74) is 0.408. The van der Waals surface area contributed by atoms with Crippen molar-refractivity contribution < 1.29 is 14.3 Å². The summed E-state index contributed by atoms with van der Waals surface area (Å²) < 4.78 is 11.3. The first-order valence-corrected chi connectivity index (χ1v) is 9.70. The minimum atomic E-state index is -0.575. The Hall–Kier alpha value is -1.50. The second-order valence-corrected chi connectivity index (χ2v) is 7.96. The lowest BCUT2D eigenvalue weighted by atomic mass is 9.83. The average molecular weight is 396 g/mol. The van der Waals surface area contributed by atoms with Gasteiger partial charge in [0.25, 0.3) is 0 Å². The van der Waals surface area contributed by atoms with E-state index in [4.69, 9.17) is 9.47 Å². The maximum Gasteiger partial charge on any atom is 0.232 e. The molecule has 0 aliphatic carbocycles. The third-order valence-electron chi connectivity index (χ3n) is 5.92. The smallest absolute Gasteiger partial charge is 0.232 e. The third kappa shape index (κ3) is 4.03. The molecule has 1 N–H and O–H groups in total. The fourth-order valence-electron chi connectivity index (χ4n) is 4.22. The summed E-state index contributed by atoms with van der Waals surface area (Å²) in [6.45, 7) is 11.1. The van der Waals surface area contributed by atoms with Crippen LogP contribution in [-0.4, -0.2) is 74.2 Å². The number of carbonyl (C=O) groups excluding carboxylic acids is 1. The predicted molar refractivity (Wildman–Crippen MR) is 107 cm³/mol. The van der Waals surface area contributed by atoms with Crippen LogP contribution in [0.2, 0.25) is 0 Å². The standard InChI is InChI=1S/C20H29N3O3.ClH/c1-20(2,15-3-4-17-18(13-15)26-12-11-25-17)19(24)23-8-5-16(14-23)22-9-6-21-7-10-22;/h3-4,13,16,21H,5-12,14H2,1-2H3;1H. The quantitative estimate of drug-likeness (QED) is 0.843. The number of halogens is 1. The number of hydrogen-bond acceptors (Lipinski definition) is 5. The maximum atomic E-state index is 13.3. The first kappa shape index (κ1) is 20.2. The van der Waals surface area contributed by atoms with Crippen LogP contribution in [0.15, 0.2) is 18.2 Å². The molecule has 3 heterocycles. The van der Waals surface area contributed by atoms with Crippen LogP contribution in [0.25, 0.3) is 0 Å². The minimum absolute atomic E-state index is 0. The van der Waals surface area contributed by atoms with Crippen LogP contribution in [0.4, 0.5) is 0 Å². The van der Waals surface area contributed by atoms with Gasteiger partial charge in [-0.2, -0.15) is 0 Å². The number of rotatable bonds is 3. The maximum absolute atomic E-state index is 13.3. The average Bonchev–Trinajstić information content (AvgIpc) is 3.17. The topological polar surface area (TPSA) is 54.0 Å². The molecule has 150 valence electrons. The molecule has 4 rings (SSSR count). The van der Waals surface area contributed by atoms with Crippen molar-refractivity contribution in [1.82, 2.24) is 15.1 Å². The lowest BCUT2D eigenvalue weighted by Crippen LogP contribution is -2.50. The van der Waals surface area contributed by atoms with Crippen LogP contribution >= 0.6 is 12.4 Å². The zero-order valence-corrected chi connectivity index (χ0v) is 17.0. The summed E-state index contributed by atoms with van der Waals surface area (Å²) in [5, 5.41) is 3.40. The first-order chi connectivity index (χ1) is 12.6. The van der Waals surface area contributed by atoms with Gasteiger partial charge in [-0.3, -0.25) is 9.69 Å². The van der Waals surface area contributed by atoms with E-state index < -0.39 is 5.41 Å². The van der Waals surface area contributed by atoms with Crippen molar-refractivity contribution in [2.75, 3.05) is 52.5 Å². The normalized spacial score (nSPS) is 23.0. The van der Waals surface area contributed by atoms with Crippen molar-refractivity contribution in [3.05, 3.63) is 23.8 Å². The van der Waals surface area contributed by atoms with E-state index in [-0.39, 0.29) is 18.3 Å². The fraction of sp³-hybridized carbons (Fsp3) is 0.650. The van der Waals surface area contributed by atoms with Crippen molar-refractivity contribution in [2.45, 2.75) is 31.7 Å². The molecule has 27 heavy (non-hydrogen) atoms. The van der Waals surface area contributed by atoms with Gasteiger partial charge in [0, 0.05) is 45.3 Å². The number of fused-ring (bicyclic) bond motifs is 1. The molecular weight excluding hydrogens is 366 g/mol. The molecule has 0 spiro atoms. The Morgan fingerprint density at radius 3 is 2.56 bits per heavy atom. The van der Waals surface area contributed by atoms with Crippen molar-refractivity contribution in [3.63, 3.8) is 0 Å². The SMILES string of the molecule is CC(C)(C(=O)N1CCC(N2CCNCC2)C1)c1ccc2c(c1)OCCO2.Cl. The second kappa shape index (κ2) is 8.25. The molecule has 0 aromatic heterocycles. The number of hydrogen-bond donors (Lipinski definition) is 1. The zero-order valence-electron chi connectivity index (χ0n) is 16.2. The van der Waals surface area contributed by atoms with E-state index in [1.807, 2.05) is 36.9 Å². The molecule has 3 aliphatic heterocycles. The van der Waals surface area contributed by atoms with Gasteiger partial charge >= 0.3 is 0 Å². The number of nitrogens with zero attached hydrogens (tertiary/aromatic N) is 2. The Morgan fingerprint density at radius 2 is 1.81 bits per heavy atom. The van der Waals surface area contributed by atoms with Crippen molar-refractivity contribution >= 4 is 18.3 Å². The Morgan fingerprint density at radius 1 is 1.11 bits per heavy atom. The van der Waals surface area contributed by atoms with E-state index in [0.717, 1.165) is 62.8 Å². The highest BCUT2D eigenvalue weighted by molar-refractivity contribution is 5.88. The van der Waals surface area contributed by atoms with E-state index in [0.29, 0.717) is 19.3 Å². The van der Waals surface area contributed by atoms with Gasteiger partial charge < -0.3 is 19.7 Å². The van der Waals surface area contributed by atoms with Gasteiger partial charge in [-0.15, -0.1) is 12.4 Å². The van der Waals surface area contributed by atoms with E-state index in [2.05, 4.69) is 10.2 Å². The van der Waals surface area contributed by atoms with Crippen LogP contribution in [0.3, 0.4) is 0 Å². The van der Waals surface area contributed by atoms with Gasteiger partial charge in [0.05, 0.1) is 5.41 Å². The minimum Gasteiger partial charge on any atom is -0.486 e. The predicted octanol–water partition coefficient (Wildman–Crippen LogP) is 1.66. The van der Waals surface area contributed by atoms with Crippen LogP contribution in [0.5, 0.6) is 11.5 Å². The van der Waals surface area contributed by atoms with Crippen molar-refractivity contribution in [1.29, 1.82) is 0 Å². The second-order valence-electron chi connectivity index (χ2n) is 7.96. The molecule has 2 saturated heterocycles. The lowest BCUT2D eigenvalue weighted by Gasteiger charge is -2.34. The van der Waals surface area contributed by atoms with Crippen molar-refractivity contribution in [3.8, 4) is 11.5 Å². The number of likely N-dealkylation sites (tertiary alicyclic amines) is 1. The van der Waals surface area contributed by atoms with Crippen LogP contribution in [0.1, 0.15) is 25.8 Å². The first-order valence-electron chi connectivity index (χ1n) is 9.70. The van der Waals surface area contributed by atoms with Crippen LogP contribution in [-0.2, 0) is 10.2 Å². The molecular formula is C20H30ClN3O3. The number of carbonyl (C=O) groups is 1. The summed E-state index contributed by atoms with van der Waals surface area (Å²) in [5.74, 6) is 1.71. The van der Waals surface area contributed by atoms with Crippen molar-refractivity contribution in [2.24, 2.45) is 0 Å². The van der Waals surface area contributed by atoms with Gasteiger partial charge in [0.15, 0.2) is 11.5 Å². The molecule has 0 radical (unpaired) electrons. The number of amides is 1. The monoisotopic (exact) mass is 395 g/mol. The Labute approximate surface area is 167 Å². The Balaban J connectivity index is 0.00000210. The van der Waals surface area contributed by atoms with Gasteiger partial charge in [-0.1, -0.05) is 6.07 Å². The molecule has 3 aliphatic rings. The molecule has 0 bridgehead atoms. The van der Waals surface area contributed by atoms with Gasteiger partial charge in [0.2, 0.25) is 5.91 Å². The van der Waals surface area contributed by atoms with E-state index in [9.17, 15) is 4.79 Å². The Bertz CT molecular complexity index is 676. The molecule has 1 aromatic rings. The highest BCUT2D eigenvalue weighted by Gasteiger charge is 2.39. The number of benzene rings is 1. The van der Waals surface area contributed by atoms with Gasteiger partial charge in [0.1, 0.15) is 13.2 Å². The lowest BCUT2D eigenvalue weighted by molar-refractivity contribution is -0.135. The largest absolute Gasteiger partial charge is 0.486 e. The highest BCUT2D eigenvalue weighted by atomic mass is 35.5. The summed E-state index contributed by atoms with van der Waals surface area (Å²) in [4.78, 5) is 17.9. The van der Waals surface area contributed by atoms with E-state index >= 15 is 0 Å². The van der Waals surface area contributed by atoms with E-state index in [1.165, 1.54) is 0 Å². The summed E-state index contributed by atoms with van der Waals surface area (Å²) in [6.07, 6.45) is 1.07. The zero-order chi connectivity index (χ0) is 18.1. The molecule has 7 heteroatoms. The van der Waals surface area contributed by atoms with Crippen LogP contribution < -0.4 is 14.8 Å². The summed E-state index contributed by atoms with van der Waals surface area (Å²) >= 11 is 0. The number of nitrogens with one attached hydrogen (secondary N) is 1. The molecule has 1 aromatic carbocycles. The third-order valence-corrected chi connectivity index (χ3v) is 5.92. The number of ether oxygens (including phenoxy) is 2. The molecule has 6 nitrogen and oxygen atoms in total. The fourth-order valence-corrected chi connectivity index (χ4v) is 4.22. The number of piperazine rings is 1. The van der Waals surface area contributed by atoms with Gasteiger partial charge in [-0.25, -0.2) is 0 Å².